The van der Waals surface area contributed by atoms with Crippen LogP contribution in [0.25, 0.3) is 0 Å². The van der Waals surface area contributed by atoms with Crippen LogP contribution in [0.5, 0.6) is 0 Å². The maximum atomic E-state index is 6.40. The lowest BCUT2D eigenvalue weighted by molar-refractivity contribution is 0.204. The van der Waals surface area contributed by atoms with Crippen molar-refractivity contribution in [3.8, 4) is 0 Å². The summed E-state index contributed by atoms with van der Waals surface area (Å²) in [5.41, 5.74) is 8.44. The van der Waals surface area contributed by atoms with Gasteiger partial charge in [0.05, 0.1) is 6.61 Å². The molecule has 20 heavy (non-hydrogen) atoms. The number of methoxy groups -OCH3 is 1. The first-order valence-electron chi connectivity index (χ1n) is 7.29. The molecule has 4 heteroatoms. The highest BCUT2D eigenvalue weighted by Crippen LogP contribution is 2.30. The summed E-state index contributed by atoms with van der Waals surface area (Å²) in [6.07, 6.45) is 1.76. The van der Waals surface area contributed by atoms with Gasteiger partial charge in [0.15, 0.2) is 0 Å². The van der Waals surface area contributed by atoms with Gasteiger partial charge in [0, 0.05) is 36.4 Å². The summed E-state index contributed by atoms with van der Waals surface area (Å²) in [7, 11) is 1.73. The smallest absolute Gasteiger partial charge is 0.0637 e. The molecule has 0 spiro atoms. The third-order valence-electron chi connectivity index (χ3n) is 3.55. The standard InChI is InChI=1S/C16H27ClN2O/c1-5-13(18)11-14-15(17)7-6-8-16(14)19(12(2)3)9-10-20-4/h6-8,12-13H,5,9-11,18H2,1-4H3. The van der Waals surface area contributed by atoms with Crippen molar-refractivity contribution in [3.05, 3.63) is 28.8 Å². The van der Waals surface area contributed by atoms with Crippen molar-refractivity contribution < 1.29 is 4.74 Å². The molecule has 0 bridgehead atoms. The Hall–Kier alpha value is -0.770. The predicted molar refractivity (Wildman–Crippen MR) is 87.8 cm³/mol. The normalized spacial score (nSPS) is 12.8. The van der Waals surface area contributed by atoms with Crippen LogP contribution in [0.3, 0.4) is 0 Å². The monoisotopic (exact) mass is 298 g/mol. The van der Waals surface area contributed by atoms with E-state index in [2.05, 4.69) is 31.7 Å². The quantitative estimate of drug-likeness (QED) is 0.798. The van der Waals surface area contributed by atoms with Gasteiger partial charge >= 0.3 is 0 Å². The molecule has 0 aliphatic rings. The highest BCUT2D eigenvalue weighted by molar-refractivity contribution is 6.31. The molecule has 1 atom stereocenters. The van der Waals surface area contributed by atoms with Crippen LogP contribution in [0.4, 0.5) is 5.69 Å². The first kappa shape index (κ1) is 17.3. The highest BCUT2D eigenvalue weighted by Gasteiger charge is 2.17. The molecule has 3 nitrogen and oxygen atoms in total. The Morgan fingerprint density at radius 1 is 1.35 bits per heavy atom. The number of anilines is 1. The molecule has 0 fully saturated rings. The second-order valence-electron chi connectivity index (χ2n) is 5.39. The van der Waals surface area contributed by atoms with E-state index in [9.17, 15) is 0 Å². The van der Waals surface area contributed by atoms with E-state index in [-0.39, 0.29) is 6.04 Å². The maximum Gasteiger partial charge on any atom is 0.0637 e. The van der Waals surface area contributed by atoms with Crippen LogP contribution >= 0.6 is 11.6 Å². The van der Waals surface area contributed by atoms with E-state index >= 15 is 0 Å². The average Bonchev–Trinajstić information content (AvgIpc) is 2.42. The van der Waals surface area contributed by atoms with Crippen LogP contribution in [0, 0.1) is 0 Å². The molecule has 1 rings (SSSR count). The molecule has 1 unspecified atom stereocenters. The molecule has 0 aromatic heterocycles. The molecule has 0 aliphatic carbocycles. The van der Waals surface area contributed by atoms with E-state index in [4.69, 9.17) is 22.1 Å². The van der Waals surface area contributed by atoms with E-state index < -0.39 is 0 Å². The number of benzene rings is 1. The molecular formula is C16H27ClN2O. The zero-order valence-electron chi connectivity index (χ0n) is 13.0. The molecule has 2 N–H and O–H groups in total. The lowest BCUT2D eigenvalue weighted by Gasteiger charge is -2.31. The summed E-state index contributed by atoms with van der Waals surface area (Å²) in [6.45, 7) is 8.01. The lowest BCUT2D eigenvalue weighted by Crippen LogP contribution is -2.35. The number of nitrogens with zero attached hydrogens (tertiary/aromatic N) is 1. The van der Waals surface area contributed by atoms with E-state index in [1.54, 1.807) is 7.11 Å². The Bertz CT molecular complexity index is 409. The van der Waals surface area contributed by atoms with Crippen LogP contribution < -0.4 is 10.6 Å². The molecule has 0 saturated carbocycles. The van der Waals surface area contributed by atoms with Gasteiger partial charge in [0.1, 0.15) is 0 Å². The number of rotatable bonds is 8. The molecule has 114 valence electrons. The first-order valence-corrected chi connectivity index (χ1v) is 7.67. The van der Waals surface area contributed by atoms with Gasteiger partial charge in [-0.25, -0.2) is 0 Å². The minimum Gasteiger partial charge on any atom is -0.383 e. The first-order chi connectivity index (χ1) is 9.51. The topological polar surface area (TPSA) is 38.5 Å². The third-order valence-corrected chi connectivity index (χ3v) is 3.91. The van der Waals surface area contributed by atoms with E-state index in [0.717, 1.165) is 30.0 Å². The van der Waals surface area contributed by atoms with Gasteiger partial charge in [-0.05, 0) is 44.4 Å². The van der Waals surface area contributed by atoms with E-state index in [1.807, 2.05) is 12.1 Å². The second-order valence-corrected chi connectivity index (χ2v) is 5.80. The minimum atomic E-state index is 0.144. The number of hydrogen-bond donors (Lipinski definition) is 1. The Kier molecular flexibility index (Phi) is 7.35. The number of halogens is 1. The molecular weight excluding hydrogens is 272 g/mol. The van der Waals surface area contributed by atoms with Crippen LogP contribution in [-0.2, 0) is 11.2 Å². The molecule has 0 amide bonds. The number of hydrogen-bond acceptors (Lipinski definition) is 3. The van der Waals surface area contributed by atoms with Crippen molar-refractivity contribution in [2.45, 2.75) is 45.7 Å². The molecule has 0 saturated heterocycles. The van der Waals surface area contributed by atoms with E-state index in [0.29, 0.717) is 12.6 Å². The summed E-state index contributed by atoms with van der Waals surface area (Å²) >= 11 is 6.40. The van der Waals surface area contributed by atoms with Crippen molar-refractivity contribution in [1.29, 1.82) is 0 Å². The zero-order chi connectivity index (χ0) is 15.1. The van der Waals surface area contributed by atoms with Crippen molar-refractivity contribution in [2.24, 2.45) is 5.73 Å². The summed E-state index contributed by atoms with van der Waals surface area (Å²) in [4.78, 5) is 2.33. The van der Waals surface area contributed by atoms with Crippen LogP contribution in [0.1, 0.15) is 32.8 Å². The Morgan fingerprint density at radius 3 is 2.60 bits per heavy atom. The van der Waals surface area contributed by atoms with Gasteiger partial charge in [-0.3, -0.25) is 0 Å². The van der Waals surface area contributed by atoms with Gasteiger partial charge in [-0.15, -0.1) is 0 Å². The Morgan fingerprint density at radius 2 is 2.05 bits per heavy atom. The molecule has 0 aliphatic heterocycles. The molecule has 1 aromatic rings. The van der Waals surface area contributed by atoms with Crippen LogP contribution in [0.2, 0.25) is 5.02 Å². The predicted octanol–water partition coefficient (Wildman–Crippen LogP) is 3.48. The van der Waals surface area contributed by atoms with Crippen molar-refractivity contribution in [1.82, 2.24) is 0 Å². The van der Waals surface area contributed by atoms with Crippen molar-refractivity contribution >= 4 is 17.3 Å². The van der Waals surface area contributed by atoms with Gasteiger partial charge < -0.3 is 15.4 Å². The maximum absolute atomic E-state index is 6.40. The van der Waals surface area contributed by atoms with Crippen LogP contribution in [-0.4, -0.2) is 32.3 Å². The van der Waals surface area contributed by atoms with Gasteiger partial charge in [-0.2, -0.15) is 0 Å². The Balaban J connectivity index is 3.09. The van der Waals surface area contributed by atoms with E-state index in [1.165, 1.54) is 5.69 Å². The van der Waals surface area contributed by atoms with Crippen molar-refractivity contribution in [3.63, 3.8) is 0 Å². The fraction of sp³-hybridized carbons (Fsp3) is 0.625. The fourth-order valence-electron chi connectivity index (χ4n) is 2.27. The fourth-order valence-corrected chi connectivity index (χ4v) is 2.52. The molecule has 1 aromatic carbocycles. The Labute approximate surface area is 128 Å². The SMILES string of the molecule is CCC(N)Cc1c(Cl)cccc1N(CCOC)C(C)C. The van der Waals surface area contributed by atoms with Gasteiger partial charge in [-0.1, -0.05) is 24.6 Å². The third kappa shape index (κ3) is 4.65. The van der Waals surface area contributed by atoms with Crippen molar-refractivity contribution in [2.75, 3.05) is 25.2 Å². The average molecular weight is 299 g/mol. The summed E-state index contributed by atoms with van der Waals surface area (Å²) in [5, 5.41) is 0.800. The van der Waals surface area contributed by atoms with Gasteiger partial charge in [0.2, 0.25) is 0 Å². The summed E-state index contributed by atoms with van der Waals surface area (Å²) in [6, 6.07) is 6.60. The number of nitrogens with two attached hydrogens (primary N) is 1. The second kappa shape index (κ2) is 8.50. The lowest BCUT2D eigenvalue weighted by atomic mass is 10.0. The van der Waals surface area contributed by atoms with Gasteiger partial charge in [0.25, 0.3) is 0 Å². The highest BCUT2D eigenvalue weighted by atomic mass is 35.5. The molecule has 0 heterocycles. The zero-order valence-corrected chi connectivity index (χ0v) is 13.8. The van der Waals surface area contributed by atoms with Crippen LogP contribution in [0.15, 0.2) is 18.2 Å². The summed E-state index contributed by atoms with van der Waals surface area (Å²) < 4.78 is 5.22. The largest absolute Gasteiger partial charge is 0.383 e. The molecule has 0 radical (unpaired) electrons. The number of ether oxygens (including phenoxy) is 1. The summed E-state index contributed by atoms with van der Waals surface area (Å²) in [5.74, 6) is 0. The minimum absolute atomic E-state index is 0.144.